The molecule has 0 bridgehead atoms. The van der Waals surface area contributed by atoms with Crippen molar-refractivity contribution in [1.82, 2.24) is 15.3 Å². The van der Waals surface area contributed by atoms with E-state index >= 15 is 0 Å². The van der Waals surface area contributed by atoms with Crippen molar-refractivity contribution >= 4 is 18.1 Å². The van der Waals surface area contributed by atoms with Gasteiger partial charge in [-0.25, -0.2) is 9.56 Å². The smallest absolute Gasteiger partial charge is 0.348 e. The number of aromatic nitrogens is 2. The lowest BCUT2D eigenvalue weighted by Crippen LogP contribution is -2.34. The predicted molar refractivity (Wildman–Crippen MR) is 87.6 cm³/mol. The van der Waals surface area contributed by atoms with Crippen molar-refractivity contribution in [2.75, 3.05) is 0 Å². The molecule has 2 aliphatic heterocycles. The van der Waals surface area contributed by atoms with E-state index in [1.165, 1.54) is 25.7 Å². The number of nitrogens with zero attached hydrogens (tertiary/aromatic N) is 4. The summed E-state index contributed by atoms with van der Waals surface area (Å²) in [6.07, 6.45) is 9.20. The summed E-state index contributed by atoms with van der Waals surface area (Å²) in [5, 5.41) is 12.5. The molecule has 3 fully saturated rings. The number of rotatable bonds is 6. The monoisotopic (exact) mass is 322 g/mol. The zero-order chi connectivity index (χ0) is 16.3. The third kappa shape index (κ3) is 2.45. The number of nitrogens with one attached hydrogen (secondary N) is 1. The molecule has 1 aromatic rings. The van der Waals surface area contributed by atoms with Gasteiger partial charge in [-0.3, -0.25) is 5.32 Å². The summed E-state index contributed by atoms with van der Waals surface area (Å²) in [6.45, 7) is 4.02. The molecule has 122 valence electrons. The lowest BCUT2D eigenvalue weighted by atomic mass is 10.1. The highest BCUT2D eigenvalue weighted by Crippen LogP contribution is 2.44. The summed E-state index contributed by atoms with van der Waals surface area (Å²) in [4.78, 5) is 9.38. The fourth-order valence-corrected chi connectivity index (χ4v) is 3.52. The number of hydrogen-bond acceptors (Lipinski definition) is 5. The number of fused-ring (bicyclic) bond motifs is 1. The van der Waals surface area contributed by atoms with Crippen LogP contribution in [-0.4, -0.2) is 39.6 Å². The van der Waals surface area contributed by atoms with Crippen LogP contribution in [0.3, 0.4) is 0 Å². The molecule has 1 N–H and O–H groups in total. The Bertz CT molecular complexity index is 787. The largest absolute Gasteiger partial charge is 0.353 e. The first-order valence-corrected chi connectivity index (χ1v) is 8.72. The van der Waals surface area contributed by atoms with Gasteiger partial charge in [-0.2, -0.15) is 5.26 Å². The lowest BCUT2D eigenvalue weighted by Gasteiger charge is -2.12. The highest BCUT2D eigenvalue weighted by molar-refractivity contribution is 5.76. The summed E-state index contributed by atoms with van der Waals surface area (Å²) in [5.41, 5.74) is 3.05. The van der Waals surface area contributed by atoms with Crippen LogP contribution < -0.4 is 5.32 Å². The number of nitriles is 1. The zero-order valence-corrected chi connectivity index (χ0v) is 13.5. The Hall–Kier alpha value is -2.10. The molecule has 5 rings (SSSR count). The second-order valence-electron chi connectivity index (χ2n) is 7.25. The highest BCUT2D eigenvalue weighted by Gasteiger charge is 2.49. The maximum Gasteiger partial charge on any atom is 0.353 e. The van der Waals surface area contributed by atoms with Gasteiger partial charge in [0.15, 0.2) is 11.9 Å². The Labute approximate surface area is 140 Å². The quantitative estimate of drug-likeness (QED) is 0.641. The van der Waals surface area contributed by atoms with Gasteiger partial charge < -0.3 is 4.74 Å². The van der Waals surface area contributed by atoms with Crippen LogP contribution >= 0.6 is 0 Å². The summed E-state index contributed by atoms with van der Waals surface area (Å²) >= 11 is 0. The van der Waals surface area contributed by atoms with Crippen LogP contribution in [0.25, 0.3) is 5.57 Å². The summed E-state index contributed by atoms with van der Waals surface area (Å²) in [7, 11) is 0. The maximum absolute atomic E-state index is 9.00. The van der Waals surface area contributed by atoms with E-state index in [2.05, 4.69) is 23.1 Å². The fraction of sp³-hybridized carbons (Fsp3) is 0.556. The van der Waals surface area contributed by atoms with Crippen LogP contribution in [0.2, 0.25) is 0 Å². The molecular weight excluding hydrogens is 302 g/mol. The predicted octanol–water partition coefficient (Wildman–Crippen LogP) is 2.06. The summed E-state index contributed by atoms with van der Waals surface area (Å²) in [6, 6.07) is 2.52. The minimum absolute atomic E-state index is 0.0146. The van der Waals surface area contributed by atoms with Crippen molar-refractivity contribution in [3.63, 3.8) is 0 Å². The second kappa shape index (κ2) is 5.20. The first-order chi connectivity index (χ1) is 11.7. The third-order valence-electron chi connectivity index (χ3n) is 5.29. The van der Waals surface area contributed by atoms with Crippen molar-refractivity contribution < 1.29 is 9.31 Å². The van der Waals surface area contributed by atoms with Crippen LogP contribution in [0.4, 0.5) is 5.82 Å². The van der Waals surface area contributed by atoms with Gasteiger partial charge in [0.1, 0.15) is 18.5 Å². The Morgan fingerprint density at radius 3 is 2.96 bits per heavy atom. The molecule has 0 amide bonds. The molecule has 3 unspecified atom stereocenters. The van der Waals surface area contributed by atoms with Crippen molar-refractivity contribution in [2.45, 2.75) is 56.4 Å². The second-order valence-corrected chi connectivity index (χ2v) is 7.25. The minimum atomic E-state index is -0.0269. The van der Waals surface area contributed by atoms with Crippen molar-refractivity contribution in [1.29, 1.82) is 5.26 Å². The van der Waals surface area contributed by atoms with E-state index in [1.54, 1.807) is 4.58 Å². The van der Waals surface area contributed by atoms with Crippen LogP contribution in [0, 0.1) is 17.2 Å². The van der Waals surface area contributed by atoms with E-state index in [0.29, 0.717) is 18.3 Å². The van der Waals surface area contributed by atoms with Crippen LogP contribution in [0.5, 0.6) is 0 Å². The molecule has 0 spiro atoms. The molecule has 3 heterocycles. The van der Waals surface area contributed by atoms with E-state index < -0.39 is 0 Å². The van der Waals surface area contributed by atoms with E-state index in [4.69, 9.17) is 15.0 Å². The molecule has 24 heavy (non-hydrogen) atoms. The molecular formula is C18H20N5O+. The van der Waals surface area contributed by atoms with Gasteiger partial charge >= 0.3 is 5.82 Å². The lowest BCUT2D eigenvalue weighted by molar-refractivity contribution is -0.349. The SMILES string of the molecule is C=[N+]1C=C(C2OC2NC(CC#N)C2CC2)c2nc(C3CC3)cnc21. The summed E-state index contributed by atoms with van der Waals surface area (Å²) < 4.78 is 7.64. The van der Waals surface area contributed by atoms with Crippen molar-refractivity contribution in [3.05, 3.63) is 23.8 Å². The fourth-order valence-electron chi connectivity index (χ4n) is 3.52. The number of ether oxygens (including phenoxy) is 1. The normalized spacial score (nSPS) is 29.0. The van der Waals surface area contributed by atoms with E-state index in [-0.39, 0.29) is 18.4 Å². The molecule has 0 radical (unpaired) electrons. The minimum Gasteiger partial charge on any atom is -0.348 e. The van der Waals surface area contributed by atoms with Gasteiger partial charge in [0.05, 0.1) is 30.5 Å². The first-order valence-electron chi connectivity index (χ1n) is 8.72. The first kappa shape index (κ1) is 14.3. The van der Waals surface area contributed by atoms with Gasteiger partial charge in [0, 0.05) is 12.0 Å². The average Bonchev–Trinajstić information content (AvgIpc) is 3.45. The Morgan fingerprint density at radius 1 is 1.42 bits per heavy atom. The molecule has 2 aliphatic carbocycles. The molecule has 1 aromatic heterocycles. The Kier molecular flexibility index (Phi) is 3.09. The summed E-state index contributed by atoms with van der Waals surface area (Å²) in [5.74, 6) is 2.01. The standard InChI is InChI=1S/C18H20N5O/c1-23-9-12(15-17(23)20-8-14(21-15)11-4-5-11)16-18(24-16)22-13(6-7-19)10-2-3-10/h8-11,13,16,18,22H,1-6H2/q+1. The van der Waals surface area contributed by atoms with Gasteiger partial charge in [-0.1, -0.05) is 0 Å². The molecule has 6 nitrogen and oxygen atoms in total. The average molecular weight is 322 g/mol. The van der Waals surface area contributed by atoms with E-state index in [9.17, 15) is 0 Å². The zero-order valence-electron chi connectivity index (χ0n) is 13.5. The van der Waals surface area contributed by atoms with E-state index in [1.807, 2.05) is 12.4 Å². The molecule has 2 saturated carbocycles. The van der Waals surface area contributed by atoms with Crippen LogP contribution in [-0.2, 0) is 4.74 Å². The van der Waals surface area contributed by atoms with Crippen molar-refractivity contribution in [2.24, 2.45) is 5.92 Å². The van der Waals surface area contributed by atoms with Gasteiger partial charge in [-0.05, 0) is 36.6 Å². The molecule has 6 heteroatoms. The van der Waals surface area contributed by atoms with Gasteiger partial charge in [0.2, 0.25) is 0 Å². The van der Waals surface area contributed by atoms with Gasteiger partial charge in [0.25, 0.3) is 0 Å². The van der Waals surface area contributed by atoms with Crippen molar-refractivity contribution in [3.8, 4) is 6.07 Å². The molecule has 4 aliphatic rings. The number of epoxide rings is 1. The molecule has 3 atom stereocenters. The topological polar surface area (TPSA) is 77.1 Å². The molecule has 0 aromatic carbocycles. The van der Waals surface area contributed by atoms with Crippen LogP contribution in [0.15, 0.2) is 12.4 Å². The molecule has 1 saturated heterocycles. The van der Waals surface area contributed by atoms with E-state index in [0.717, 1.165) is 22.8 Å². The Morgan fingerprint density at radius 2 is 2.25 bits per heavy atom. The Balaban J connectivity index is 1.34. The van der Waals surface area contributed by atoms with Gasteiger partial charge in [-0.15, -0.1) is 0 Å². The highest BCUT2D eigenvalue weighted by atomic mass is 16.6. The van der Waals surface area contributed by atoms with Crippen LogP contribution in [0.1, 0.15) is 49.4 Å². The number of hydrogen-bond donors (Lipinski definition) is 1. The maximum atomic E-state index is 9.00. The third-order valence-corrected chi connectivity index (χ3v) is 5.29.